The molecular weight excluding hydrogens is 228 g/mol. The van der Waals surface area contributed by atoms with E-state index in [-0.39, 0.29) is 0 Å². The molecule has 0 atom stereocenters. The minimum absolute atomic E-state index is 0.800. The lowest BCUT2D eigenvalue weighted by molar-refractivity contribution is 0.611. The number of hydrogen-bond acceptors (Lipinski definition) is 0. The van der Waals surface area contributed by atoms with Crippen LogP contribution in [0.15, 0.2) is 24.3 Å². The first-order valence-electron chi connectivity index (χ1n) is 8.57. The molecule has 0 amide bonds. The Balaban J connectivity index is 3.15. The van der Waals surface area contributed by atoms with Crippen LogP contribution in [-0.4, -0.2) is 0 Å². The van der Waals surface area contributed by atoms with E-state index in [2.05, 4.69) is 45.1 Å². The molecule has 0 aliphatic heterocycles. The summed E-state index contributed by atoms with van der Waals surface area (Å²) in [4.78, 5) is 0. The van der Waals surface area contributed by atoms with Crippen LogP contribution in [0.5, 0.6) is 0 Å². The molecule has 0 saturated carbocycles. The summed E-state index contributed by atoms with van der Waals surface area (Å²) in [7, 11) is 0. The molecule has 0 nitrogen and oxygen atoms in total. The van der Waals surface area contributed by atoms with Gasteiger partial charge in [-0.2, -0.15) is 0 Å². The van der Waals surface area contributed by atoms with Crippen molar-refractivity contribution in [2.45, 2.75) is 91.4 Å². The molecule has 0 aromatic carbocycles. The van der Waals surface area contributed by atoms with Crippen LogP contribution in [0.1, 0.15) is 91.4 Å². The third kappa shape index (κ3) is 17.5. The van der Waals surface area contributed by atoms with Gasteiger partial charge in [-0.1, -0.05) is 77.2 Å². The van der Waals surface area contributed by atoms with Gasteiger partial charge in [-0.3, -0.25) is 0 Å². The van der Waals surface area contributed by atoms with E-state index in [1.807, 2.05) is 0 Å². The van der Waals surface area contributed by atoms with Crippen LogP contribution in [0.4, 0.5) is 0 Å². The summed E-state index contributed by atoms with van der Waals surface area (Å²) in [5.74, 6) is 0.800. The summed E-state index contributed by atoms with van der Waals surface area (Å²) in [6.07, 6.45) is 24.2. The van der Waals surface area contributed by atoms with Gasteiger partial charge in [0.15, 0.2) is 0 Å². The second-order valence-electron chi connectivity index (χ2n) is 6.06. The van der Waals surface area contributed by atoms with Crippen molar-refractivity contribution < 1.29 is 0 Å². The minimum atomic E-state index is 0.800. The Morgan fingerprint density at radius 3 is 1.79 bits per heavy atom. The minimum Gasteiger partial charge on any atom is -0.0885 e. The molecule has 0 saturated heterocycles. The highest BCUT2D eigenvalue weighted by molar-refractivity contribution is 4.85. The summed E-state index contributed by atoms with van der Waals surface area (Å²) >= 11 is 0. The molecule has 0 spiro atoms. The average Bonchev–Trinajstić information content (AvgIpc) is 2.39. The van der Waals surface area contributed by atoms with Crippen molar-refractivity contribution in [1.82, 2.24) is 0 Å². The number of hydrogen-bond donors (Lipinski definition) is 0. The highest BCUT2D eigenvalue weighted by atomic mass is 13.9. The van der Waals surface area contributed by atoms with Crippen LogP contribution >= 0.6 is 0 Å². The van der Waals surface area contributed by atoms with E-state index < -0.39 is 0 Å². The number of rotatable bonds is 13. The van der Waals surface area contributed by atoms with Gasteiger partial charge in [0.05, 0.1) is 0 Å². The predicted octanol–water partition coefficient (Wildman–Crippen LogP) is 7.07. The molecule has 0 radical (unpaired) electrons. The zero-order chi connectivity index (χ0) is 14.2. The molecule has 0 aliphatic rings. The van der Waals surface area contributed by atoms with E-state index in [9.17, 15) is 0 Å². The molecule has 0 heterocycles. The molecule has 0 unspecified atom stereocenters. The fourth-order valence-electron chi connectivity index (χ4n) is 2.12. The quantitative estimate of drug-likeness (QED) is 0.246. The Morgan fingerprint density at radius 1 is 0.632 bits per heavy atom. The maximum Gasteiger partial charge on any atom is -0.0327 e. The lowest BCUT2D eigenvalue weighted by Gasteiger charge is -1.98. The molecule has 0 rings (SSSR count). The normalized spacial score (nSPS) is 12.2. The van der Waals surface area contributed by atoms with Crippen LogP contribution < -0.4 is 0 Å². The molecule has 0 heteroatoms. The Bertz CT molecular complexity index is 210. The molecule has 0 N–H and O–H groups in total. The maximum atomic E-state index is 2.39. The average molecular weight is 264 g/mol. The summed E-state index contributed by atoms with van der Waals surface area (Å²) in [5.41, 5.74) is 0. The maximum absolute atomic E-state index is 2.39. The van der Waals surface area contributed by atoms with Gasteiger partial charge in [0, 0.05) is 0 Å². The van der Waals surface area contributed by atoms with E-state index in [0.717, 1.165) is 5.92 Å². The topological polar surface area (TPSA) is 0 Å². The van der Waals surface area contributed by atoms with Gasteiger partial charge >= 0.3 is 0 Å². The van der Waals surface area contributed by atoms with Gasteiger partial charge in [0.2, 0.25) is 0 Å². The first-order valence-corrected chi connectivity index (χ1v) is 8.57. The summed E-state index contributed by atoms with van der Waals surface area (Å²) in [5, 5.41) is 0. The van der Waals surface area contributed by atoms with Gasteiger partial charge in [-0.15, -0.1) is 0 Å². The second-order valence-corrected chi connectivity index (χ2v) is 6.06. The number of allylic oxidation sites excluding steroid dienone is 4. The van der Waals surface area contributed by atoms with Crippen LogP contribution in [-0.2, 0) is 0 Å². The molecule has 0 aromatic rings. The van der Waals surface area contributed by atoms with E-state index >= 15 is 0 Å². The van der Waals surface area contributed by atoms with Crippen molar-refractivity contribution in [2.24, 2.45) is 5.92 Å². The van der Waals surface area contributed by atoms with Crippen molar-refractivity contribution in [1.29, 1.82) is 0 Å². The van der Waals surface area contributed by atoms with Gasteiger partial charge in [-0.25, -0.2) is 0 Å². The highest BCUT2D eigenvalue weighted by Crippen LogP contribution is 2.08. The lowest BCUT2D eigenvalue weighted by Crippen LogP contribution is -1.81. The molecule has 112 valence electrons. The summed E-state index contributed by atoms with van der Waals surface area (Å²) in [6, 6.07) is 0. The third-order valence-electron chi connectivity index (χ3n) is 3.41. The van der Waals surface area contributed by atoms with E-state index in [4.69, 9.17) is 0 Å². The smallest absolute Gasteiger partial charge is 0.0327 e. The SMILES string of the molecule is CCCCCCCC/C=C/CCC/C=C/CC(C)C. The lowest BCUT2D eigenvalue weighted by atomic mass is 10.1. The van der Waals surface area contributed by atoms with Gasteiger partial charge in [-0.05, 0) is 44.4 Å². The predicted molar refractivity (Wildman–Crippen MR) is 89.6 cm³/mol. The summed E-state index contributed by atoms with van der Waals surface area (Å²) < 4.78 is 0. The summed E-state index contributed by atoms with van der Waals surface area (Å²) in [6.45, 7) is 6.82. The van der Waals surface area contributed by atoms with Crippen LogP contribution in [0.2, 0.25) is 0 Å². The van der Waals surface area contributed by atoms with Gasteiger partial charge < -0.3 is 0 Å². The molecule has 0 aromatic heterocycles. The molecular formula is C19H36. The van der Waals surface area contributed by atoms with Crippen molar-refractivity contribution in [2.75, 3.05) is 0 Å². The van der Waals surface area contributed by atoms with E-state index in [0.29, 0.717) is 0 Å². The zero-order valence-electron chi connectivity index (χ0n) is 13.7. The monoisotopic (exact) mass is 264 g/mol. The van der Waals surface area contributed by atoms with Crippen LogP contribution in [0.25, 0.3) is 0 Å². The molecule has 0 aliphatic carbocycles. The second kappa shape index (κ2) is 15.5. The van der Waals surface area contributed by atoms with Crippen molar-refractivity contribution in [3.05, 3.63) is 24.3 Å². The first kappa shape index (κ1) is 18.5. The van der Waals surface area contributed by atoms with E-state index in [1.165, 1.54) is 70.6 Å². The Labute approximate surface area is 122 Å². The van der Waals surface area contributed by atoms with Crippen molar-refractivity contribution >= 4 is 0 Å². The largest absolute Gasteiger partial charge is 0.0885 e. The fourth-order valence-corrected chi connectivity index (χ4v) is 2.12. The van der Waals surface area contributed by atoms with Crippen molar-refractivity contribution in [3.8, 4) is 0 Å². The van der Waals surface area contributed by atoms with Crippen LogP contribution in [0.3, 0.4) is 0 Å². The Hall–Kier alpha value is -0.520. The first-order chi connectivity index (χ1) is 9.27. The van der Waals surface area contributed by atoms with Crippen LogP contribution in [0, 0.1) is 5.92 Å². The molecule has 0 bridgehead atoms. The Morgan fingerprint density at radius 2 is 1.16 bits per heavy atom. The standard InChI is InChI=1S/C19H36/c1-4-5-6-7-8-9-10-11-12-13-14-15-16-17-18-19(2)3/h11-12,16-17,19H,4-10,13-15,18H2,1-3H3/b12-11+,17-16+. The van der Waals surface area contributed by atoms with Gasteiger partial charge in [0.1, 0.15) is 0 Å². The highest BCUT2D eigenvalue weighted by Gasteiger charge is 1.89. The molecule has 19 heavy (non-hydrogen) atoms. The molecule has 0 fully saturated rings. The zero-order valence-corrected chi connectivity index (χ0v) is 13.7. The Kier molecular flexibility index (Phi) is 15.1. The third-order valence-corrected chi connectivity index (χ3v) is 3.41. The van der Waals surface area contributed by atoms with E-state index in [1.54, 1.807) is 0 Å². The van der Waals surface area contributed by atoms with Crippen molar-refractivity contribution in [3.63, 3.8) is 0 Å². The fraction of sp³-hybridized carbons (Fsp3) is 0.789. The number of unbranched alkanes of at least 4 members (excludes halogenated alkanes) is 8. The van der Waals surface area contributed by atoms with Gasteiger partial charge in [0.25, 0.3) is 0 Å².